The second-order valence-electron chi connectivity index (χ2n) is 3.47. The fourth-order valence-corrected chi connectivity index (χ4v) is 1.33. The number of nitrogens with zero attached hydrogens (tertiary/aromatic N) is 2. The van der Waals surface area contributed by atoms with E-state index in [0.717, 1.165) is 26.1 Å². The molecule has 0 atom stereocenters. The van der Waals surface area contributed by atoms with Crippen LogP contribution in [0.3, 0.4) is 0 Å². The van der Waals surface area contributed by atoms with E-state index in [2.05, 4.69) is 28.7 Å². The summed E-state index contributed by atoms with van der Waals surface area (Å²) in [5, 5.41) is 0. The molecule has 0 unspecified atom stereocenters. The molecular formula is C10H19N3. The molecule has 0 amide bonds. The van der Waals surface area contributed by atoms with Gasteiger partial charge in [0.15, 0.2) is 0 Å². The Kier molecular flexibility index (Phi) is 4.84. The second kappa shape index (κ2) is 5.98. The van der Waals surface area contributed by atoms with Crippen LogP contribution in [0.2, 0.25) is 0 Å². The molecule has 0 aromatic rings. The topological polar surface area (TPSA) is 32.5 Å². The molecule has 3 heteroatoms. The molecule has 1 fully saturated rings. The monoisotopic (exact) mass is 181 g/mol. The first kappa shape index (κ1) is 10.5. The Morgan fingerprint density at radius 2 is 1.85 bits per heavy atom. The largest absolute Gasteiger partial charge is 0.330 e. The van der Waals surface area contributed by atoms with E-state index in [1.54, 1.807) is 0 Å². The molecule has 1 heterocycles. The van der Waals surface area contributed by atoms with Crippen molar-refractivity contribution in [3.05, 3.63) is 0 Å². The van der Waals surface area contributed by atoms with Crippen LogP contribution in [0.15, 0.2) is 0 Å². The zero-order valence-electron chi connectivity index (χ0n) is 8.42. The molecule has 74 valence electrons. The van der Waals surface area contributed by atoms with Crippen molar-refractivity contribution in [1.82, 2.24) is 9.80 Å². The van der Waals surface area contributed by atoms with Crippen molar-refractivity contribution >= 4 is 0 Å². The van der Waals surface area contributed by atoms with E-state index in [0.29, 0.717) is 6.54 Å². The summed E-state index contributed by atoms with van der Waals surface area (Å²) in [5.74, 6) is 6.21. The fraction of sp³-hybridized carbons (Fsp3) is 0.800. The number of likely N-dealkylation sites (N-methyl/N-ethyl adjacent to an activating group) is 1. The molecule has 13 heavy (non-hydrogen) atoms. The lowest BCUT2D eigenvalue weighted by Gasteiger charge is -2.30. The quantitative estimate of drug-likeness (QED) is 0.588. The van der Waals surface area contributed by atoms with Crippen LogP contribution in [0.25, 0.3) is 0 Å². The summed E-state index contributed by atoms with van der Waals surface area (Å²) in [4.78, 5) is 4.74. The number of nitrogens with two attached hydrogens (primary N) is 1. The van der Waals surface area contributed by atoms with E-state index in [1.807, 2.05) is 0 Å². The SMILES string of the molecule is CN1CCN(CC#CCCN)CC1. The lowest BCUT2D eigenvalue weighted by Crippen LogP contribution is -2.44. The average Bonchev–Trinajstić information content (AvgIpc) is 2.15. The minimum atomic E-state index is 0.676. The van der Waals surface area contributed by atoms with Gasteiger partial charge in [-0.05, 0) is 7.05 Å². The number of hydrogen-bond acceptors (Lipinski definition) is 3. The lowest BCUT2D eigenvalue weighted by atomic mass is 10.3. The minimum Gasteiger partial charge on any atom is -0.330 e. The molecule has 0 aromatic heterocycles. The summed E-state index contributed by atoms with van der Waals surface area (Å²) < 4.78 is 0. The van der Waals surface area contributed by atoms with E-state index in [4.69, 9.17) is 5.73 Å². The van der Waals surface area contributed by atoms with Crippen molar-refractivity contribution in [1.29, 1.82) is 0 Å². The third-order valence-corrected chi connectivity index (χ3v) is 2.29. The molecule has 0 spiro atoms. The molecule has 0 aliphatic carbocycles. The van der Waals surface area contributed by atoms with Crippen molar-refractivity contribution in [2.75, 3.05) is 46.3 Å². The number of hydrogen-bond donors (Lipinski definition) is 1. The second-order valence-corrected chi connectivity index (χ2v) is 3.47. The van der Waals surface area contributed by atoms with Gasteiger partial charge in [-0.1, -0.05) is 5.92 Å². The summed E-state index contributed by atoms with van der Waals surface area (Å²) in [6.45, 7) is 6.21. The smallest absolute Gasteiger partial charge is 0.0602 e. The van der Waals surface area contributed by atoms with Gasteiger partial charge in [-0.2, -0.15) is 0 Å². The van der Waals surface area contributed by atoms with Gasteiger partial charge in [0.05, 0.1) is 6.54 Å². The van der Waals surface area contributed by atoms with Gasteiger partial charge in [-0.3, -0.25) is 4.90 Å². The van der Waals surface area contributed by atoms with Gasteiger partial charge in [0, 0.05) is 39.1 Å². The van der Waals surface area contributed by atoms with Gasteiger partial charge in [0.2, 0.25) is 0 Å². The maximum Gasteiger partial charge on any atom is 0.0602 e. The molecule has 1 saturated heterocycles. The van der Waals surface area contributed by atoms with E-state index in [9.17, 15) is 0 Å². The Labute approximate surface area is 80.9 Å². The maximum atomic E-state index is 5.34. The first-order valence-electron chi connectivity index (χ1n) is 4.89. The van der Waals surface area contributed by atoms with Crippen LogP contribution in [0.4, 0.5) is 0 Å². The van der Waals surface area contributed by atoms with Gasteiger partial charge < -0.3 is 10.6 Å². The number of rotatable bonds is 2. The molecule has 2 N–H and O–H groups in total. The average molecular weight is 181 g/mol. The normalized spacial score (nSPS) is 19.5. The van der Waals surface area contributed by atoms with Crippen molar-refractivity contribution in [2.24, 2.45) is 5.73 Å². The molecule has 1 rings (SSSR count). The van der Waals surface area contributed by atoms with Crippen LogP contribution in [0, 0.1) is 11.8 Å². The predicted molar refractivity (Wildman–Crippen MR) is 55.4 cm³/mol. The Hall–Kier alpha value is -0.560. The zero-order chi connectivity index (χ0) is 9.52. The predicted octanol–water partition coefficient (Wildman–Crippen LogP) is -0.414. The van der Waals surface area contributed by atoms with E-state index in [1.165, 1.54) is 13.1 Å². The van der Waals surface area contributed by atoms with E-state index in [-0.39, 0.29) is 0 Å². The highest BCUT2D eigenvalue weighted by Crippen LogP contribution is 1.97. The molecule has 1 aliphatic heterocycles. The van der Waals surface area contributed by atoms with Crippen molar-refractivity contribution in [3.8, 4) is 11.8 Å². The van der Waals surface area contributed by atoms with E-state index >= 15 is 0 Å². The minimum absolute atomic E-state index is 0.676. The van der Waals surface area contributed by atoms with Gasteiger partial charge in [-0.25, -0.2) is 0 Å². The Balaban J connectivity index is 2.13. The van der Waals surface area contributed by atoms with Crippen LogP contribution in [0.1, 0.15) is 6.42 Å². The van der Waals surface area contributed by atoms with Gasteiger partial charge in [0.1, 0.15) is 0 Å². The summed E-state index contributed by atoms with van der Waals surface area (Å²) in [7, 11) is 2.16. The summed E-state index contributed by atoms with van der Waals surface area (Å²) in [5.41, 5.74) is 5.34. The summed E-state index contributed by atoms with van der Waals surface area (Å²) in [6, 6.07) is 0. The standard InChI is InChI=1S/C10H19N3/c1-12-7-9-13(10-8-12)6-4-2-3-5-11/h3,5-11H2,1H3. The van der Waals surface area contributed by atoms with Gasteiger partial charge in [-0.15, -0.1) is 5.92 Å². The molecule has 1 aliphatic rings. The van der Waals surface area contributed by atoms with Crippen molar-refractivity contribution < 1.29 is 0 Å². The third-order valence-electron chi connectivity index (χ3n) is 2.29. The molecule has 3 nitrogen and oxygen atoms in total. The number of piperazine rings is 1. The highest BCUT2D eigenvalue weighted by Gasteiger charge is 2.11. The summed E-state index contributed by atoms with van der Waals surface area (Å²) >= 11 is 0. The Morgan fingerprint density at radius 3 is 2.46 bits per heavy atom. The third kappa shape index (κ3) is 4.28. The van der Waals surface area contributed by atoms with Gasteiger partial charge >= 0.3 is 0 Å². The molecular weight excluding hydrogens is 162 g/mol. The first-order valence-corrected chi connectivity index (χ1v) is 4.89. The van der Waals surface area contributed by atoms with Crippen LogP contribution in [-0.4, -0.2) is 56.1 Å². The van der Waals surface area contributed by atoms with Crippen LogP contribution in [-0.2, 0) is 0 Å². The van der Waals surface area contributed by atoms with Crippen LogP contribution in [0.5, 0.6) is 0 Å². The Bertz CT molecular complexity index is 184. The lowest BCUT2D eigenvalue weighted by molar-refractivity contribution is 0.168. The molecule has 0 bridgehead atoms. The van der Waals surface area contributed by atoms with Crippen LogP contribution < -0.4 is 5.73 Å². The van der Waals surface area contributed by atoms with Crippen molar-refractivity contribution in [2.45, 2.75) is 6.42 Å². The van der Waals surface area contributed by atoms with E-state index < -0.39 is 0 Å². The van der Waals surface area contributed by atoms with Crippen LogP contribution >= 0.6 is 0 Å². The highest BCUT2D eigenvalue weighted by atomic mass is 15.2. The maximum absolute atomic E-state index is 5.34. The Morgan fingerprint density at radius 1 is 1.15 bits per heavy atom. The summed E-state index contributed by atoms with van der Waals surface area (Å²) in [6.07, 6.45) is 0.827. The zero-order valence-corrected chi connectivity index (χ0v) is 8.42. The van der Waals surface area contributed by atoms with Crippen molar-refractivity contribution in [3.63, 3.8) is 0 Å². The fourth-order valence-electron chi connectivity index (χ4n) is 1.33. The molecule has 0 saturated carbocycles. The van der Waals surface area contributed by atoms with Gasteiger partial charge in [0.25, 0.3) is 0 Å². The highest BCUT2D eigenvalue weighted by molar-refractivity contribution is 5.01. The molecule has 0 radical (unpaired) electrons. The first-order chi connectivity index (χ1) is 6.33. The molecule has 0 aromatic carbocycles.